The van der Waals surface area contributed by atoms with Crippen LogP contribution in [-0.2, 0) is 11.3 Å². The van der Waals surface area contributed by atoms with Crippen LogP contribution < -0.4 is 10.5 Å². The van der Waals surface area contributed by atoms with Crippen molar-refractivity contribution in [3.8, 4) is 11.5 Å². The van der Waals surface area contributed by atoms with Gasteiger partial charge in [0, 0.05) is 6.20 Å². The van der Waals surface area contributed by atoms with Crippen LogP contribution in [0.15, 0.2) is 78.0 Å². The molecule has 0 bridgehead atoms. The minimum absolute atomic E-state index is 0.00732. The van der Waals surface area contributed by atoms with Crippen LogP contribution in [0.5, 0.6) is 0 Å². The van der Waals surface area contributed by atoms with E-state index in [1.54, 1.807) is 22.9 Å². The van der Waals surface area contributed by atoms with Crippen LogP contribution in [0.2, 0.25) is 0 Å². The van der Waals surface area contributed by atoms with Gasteiger partial charge in [0.25, 0.3) is 5.91 Å². The Balaban J connectivity index is 1.52. The average Bonchev–Trinajstić information content (AvgIpc) is 3.13. The van der Waals surface area contributed by atoms with Crippen molar-refractivity contribution in [3.05, 3.63) is 84.1 Å². The van der Waals surface area contributed by atoms with Gasteiger partial charge in [0.05, 0.1) is 23.2 Å². The topological polar surface area (TPSA) is 112 Å². The van der Waals surface area contributed by atoms with Crippen LogP contribution in [0, 0.1) is 0 Å². The van der Waals surface area contributed by atoms with Gasteiger partial charge in [0.2, 0.25) is 0 Å². The Morgan fingerprint density at radius 3 is 2.53 bits per heavy atom. The number of carbonyl (C=O) groups excluding carboxylic acids is 2. The van der Waals surface area contributed by atoms with Gasteiger partial charge in [-0.05, 0) is 35.4 Å². The lowest BCUT2D eigenvalue weighted by molar-refractivity contribution is -0.255. The Labute approximate surface area is 171 Å². The number of aromatic nitrogens is 3. The van der Waals surface area contributed by atoms with E-state index in [-0.39, 0.29) is 18.0 Å². The van der Waals surface area contributed by atoms with Crippen LogP contribution in [0.1, 0.15) is 15.9 Å². The Morgan fingerprint density at radius 1 is 1.03 bits per heavy atom. The first-order chi connectivity index (χ1) is 14.6. The maximum Gasteiger partial charge on any atom is 0.260 e. The molecular weight excluding hydrogens is 382 g/mol. The number of rotatable bonds is 6. The number of benzene rings is 2. The monoisotopic (exact) mass is 398 g/mol. The zero-order chi connectivity index (χ0) is 20.9. The second-order valence-electron chi connectivity index (χ2n) is 6.43. The largest absolute Gasteiger partial charge is 0.545 e. The highest BCUT2D eigenvalue weighted by Gasteiger charge is 2.15. The number of carboxylic acids is 1. The first-order valence-corrected chi connectivity index (χ1v) is 9.12. The van der Waals surface area contributed by atoms with Crippen LogP contribution in [0.3, 0.4) is 0 Å². The summed E-state index contributed by atoms with van der Waals surface area (Å²) < 4.78 is 1.79. The third kappa shape index (κ3) is 4.07. The fourth-order valence-electron chi connectivity index (χ4n) is 2.99. The van der Waals surface area contributed by atoms with E-state index in [9.17, 15) is 14.7 Å². The van der Waals surface area contributed by atoms with Crippen molar-refractivity contribution in [2.45, 2.75) is 6.54 Å². The van der Waals surface area contributed by atoms with Crippen molar-refractivity contribution in [2.75, 3.05) is 0 Å². The molecule has 2 heterocycles. The lowest BCUT2D eigenvalue weighted by Gasteiger charge is -2.08. The molecule has 0 fully saturated rings. The number of aromatic carboxylic acids is 1. The standard InChI is InChI=1S/C22H17N5O3/c28-20(26-24-13-15-8-10-16(11-9-15)22(29)30)14-27-19-7-2-1-5-17(19)25-21(27)18-6-3-4-12-23-18/h1-13H,14H2,(H,26,28)(H,29,30)/p-1. The molecule has 2 aromatic heterocycles. The first-order valence-electron chi connectivity index (χ1n) is 9.12. The zero-order valence-corrected chi connectivity index (χ0v) is 15.7. The summed E-state index contributed by atoms with van der Waals surface area (Å²) in [5.74, 6) is -0.991. The number of amides is 1. The molecule has 30 heavy (non-hydrogen) atoms. The molecule has 4 rings (SSSR count). The first kappa shape index (κ1) is 19.0. The van der Waals surface area contributed by atoms with Gasteiger partial charge in [-0.2, -0.15) is 5.10 Å². The van der Waals surface area contributed by atoms with Gasteiger partial charge in [-0.3, -0.25) is 9.78 Å². The molecule has 4 aromatic rings. The summed E-state index contributed by atoms with van der Waals surface area (Å²) >= 11 is 0. The van der Waals surface area contributed by atoms with E-state index in [1.807, 2.05) is 42.5 Å². The van der Waals surface area contributed by atoms with Gasteiger partial charge in [0.15, 0.2) is 5.82 Å². The Kier molecular flexibility index (Phi) is 5.29. The molecule has 2 aromatic carbocycles. The van der Waals surface area contributed by atoms with Gasteiger partial charge in [-0.1, -0.05) is 42.5 Å². The maximum absolute atomic E-state index is 12.5. The predicted octanol–water partition coefficient (Wildman–Crippen LogP) is 1.61. The van der Waals surface area contributed by atoms with Crippen molar-refractivity contribution >= 4 is 29.1 Å². The van der Waals surface area contributed by atoms with Crippen molar-refractivity contribution in [1.29, 1.82) is 0 Å². The minimum atomic E-state index is -1.25. The molecule has 148 valence electrons. The highest BCUT2D eigenvalue weighted by atomic mass is 16.4. The molecule has 8 heteroatoms. The highest BCUT2D eigenvalue weighted by Crippen LogP contribution is 2.23. The van der Waals surface area contributed by atoms with Crippen molar-refractivity contribution in [2.24, 2.45) is 5.10 Å². The molecule has 0 aliphatic heterocycles. The normalized spacial score (nSPS) is 11.1. The molecule has 0 unspecified atom stereocenters. The van der Waals surface area contributed by atoms with Gasteiger partial charge in [-0.15, -0.1) is 0 Å². The number of nitrogens with one attached hydrogen (secondary N) is 1. The lowest BCUT2D eigenvalue weighted by Crippen LogP contribution is -2.23. The third-order valence-corrected chi connectivity index (χ3v) is 4.40. The van der Waals surface area contributed by atoms with Gasteiger partial charge < -0.3 is 14.5 Å². The number of hydrazone groups is 1. The molecule has 0 spiro atoms. The van der Waals surface area contributed by atoms with E-state index in [1.165, 1.54) is 18.3 Å². The van der Waals surface area contributed by atoms with Crippen LogP contribution in [0.25, 0.3) is 22.6 Å². The number of pyridine rings is 1. The van der Waals surface area contributed by atoms with Crippen molar-refractivity contribution in [1.82, 2.24) is 20.0 Å². The molecule has 0 saturated carbocycles. The fourth-order valence-corrected chi connectivity index (χ4v) is 2.99. The van der Waals surface area contributed by atoms with Crippen LogP contribution >= 0.6 is 0 Å². The maximum atomic E-state index is 12.5. The number of carboxylic acid groups (broad SMARTS) is 1. The molecular formula is C22H16N5O3-. The molecule has 0 saturated heterocycles. The molecule has 0 aliphatic carbocycles. The van der Waals surface area contributed by atoms with Crippen molar-refractivity contribution < 1.29 is 14.7 Å². The number of hydrogen-bond donors (Lipinski definition) is 1. The number of carbonyl (C=O) groups is 2. The van der Waals surface area contributed by atoms with Gasteiger partial charge >= 0.3 is 0 Å². The summed E-state index contributed by atoms with van der Waals surface area (Å²) in [6.45, 7) is 0.00732. The number of nitrogens with zero attached hydrogens (tertiary/aromatic N) is 4. The predicted molar refractivity (Wildman–Crippen MR) is 109 cm³/mol. The SMILES string of the molecule is O=C(Cn1c(-c2ccccn2)nc2ccccc21)NN=Cc1ccc(C(=O)[O-])cc1. The van der Waals surface area contributed by atoms with E-state index < -0.39 is 5.97 Å². The van der Waals surface area contributed by atoms with Gasteiger partial charge in [-0.25, -0.2) is 10.4 Å². The van der Waals surface area contributed by atoms with E-state index >= 15 is 0 Å². The lowest BCUT2D eigenvalue weighted by atomic mass is 10.1. The zero-order valence-electron chi connectivity index (χ0n) is 15.7. The number of hydrogen-bond acceptors (Lipinski definition) is 6. The van der Waals surface area contributed by atoms with Gasteiger partial charge in [0.1, 0.15) is 12.2 Å². The number of fused-ring (bicyclic) bond motifs is 1. The van der Waals surface area contributed by atoms with E-state index in [4.69, 9.17) is 0 Å². The second kappa shape index (κ2) is 8.36. The fraction of sp³-hybridized carbons (Fsp3) is 0.0455. The summed E-state index contributed by atoms with van der Waals surface area (Å²) in [7, 11) is 0. The number of imidazole rings is 1. The molecule has 0 radical (unpaired) electrons. The molecule has 0 atom stereocenters. The highest BCUT2D eigenvalue weighted by molar-refractivity contribution is 5.88. The van der Waals surface area contributed by atoms with Crippen molar-refractivity contribution in [3.63, 3.8) is 0 Å². The smallest absolute Gasteiger partial charge is 0.260 e. The minimum Gasteiger partial charge on any atom is -0.545 e. The summed E-state index contributed by atoms with van der Waals surface area (Å²) in [4.78, 5) is 32.2. The molecule has 1 N–H and O–H groups in total. The Hall–Kier alpha value is -4.33. The second-order valence-corrected chi connectivity index (χ2v) is 6.43. The summed E-state index contributed by atoms with van der Waals surface area (Å²) in [5, 5.41) is 14.7. The molecule has 0 aliphatic rings. The Morgan fingerprint density at radius 2 is 1.80 bits per heavy atom. The van der Waals surface area contributed by atoms with E-state index in [0.717, 1.165) is 11.0 Å². The number of para-hydroxylation sites is 2. The van der Waals surface area contributed by atoms with E-state index in [2.05, 4.69) is 20.5 Å². The Bertz CT molecular complexity index is 1230. The van der Waals surface area contributed by atoms with Crippen LogP contribution in [-0.4, -0.2) is 32.6 Å². The summed E-state index contributed by atoms with van der Waals surface area (Å²) in [6, 6.07) is 19.0. The van der Waals surface area contributed by atoms with Crippen LogP contribution in [0.4, 0.5) is 0 Å². The summed E-state index contributed by atoms with van der Waals surface area (Å²) in [6.07, 6.45) is 3.11. The third-order valence-electron chi connectivity index (χ3n) is 4.40. The average molecular weight is 398 g/mol. The quantitative estimate of drug-likeness (QED) is 0.392. The van der Waals surface area contributed by atoms with E-state index in [0.29, 0.717) is 17.1 Å². The molecule has 1 amide bonds. The molecule has 8 nitrogen and oxygen atoms in total. The summed E-state index contributed by atoms with van der Waals surface area (Å²) in [5.41, 5.74) is 5.44.